The molecule has 1 fully saturated rings. The maximum atomic E-state index is 12.0. The number of carbonyl (C=O) groups is 1. The summed E-state index contributed by atoms with van der Waals surface area (Å²) < 4.78 is 0. The predicted molar refractivity (Wildman–Crippen MR) is 68.1 cm³/mol. The van der Waals surface area contributed by atoms with Crippen LogP contribution < -0.4 is 11.1 Å². The van der Waals surface area contributed by atoms with Crippen molar-refractivity contribution >= 4 is 11.6 Å². The van der Waals surface area contributed by atoms with Crippen LogP contribution in [-0.4, -0.2) is 33.4 Å². The predicted octanol–water partition coefficient (Wildman–Crippen LogP) is 0.588. The zero-order chi connectivity index (χ0) is 13.1. The van der Waals surface area contributed by atoms with Gasteiger partial charge in [-0.1, -0.05) is 19.8 Å². The second-order valence-electron chi connectivity index (χ2n) is 4.75. The highest BCUT2D eigenvalue weighted by Crippen LogP contribution is 2.20. The lowest BCUT2D eigenvalue weighted by molar-refractivity contribution is 0.0714. The van der Waals surface area contributed by atoms with Gasteiger partial charge in [-0.3, -0.25) is 9.89 Å². The lowest BCUT2D eigenvalue weighted by atomic mass is 9.92. The molecule has 18 heavy (non-hydrogen) atoms. The Morgan fingerprint density at radius 2 is 2.28 bits per heavy atom. The zero-order valence-electron chi connectivity index (χ0n) is 10.6. The Morgan fingerprint density at radius 3 is 2.89 bits per heavy atom. The van der Waals surface area contributed by atoms with Crippen molar-refractivity contribution in [3.05, 3.63) is 11.4 Å². The fourth-order valence-electron chi connectivity index (χ4n) is 2.35. The topological polar surface area (TPSA) is 104 Å². The summed E-state index contributed by atoms with van der Waals surface area (Å²) in [6.07, 6.45) is 3.82. The molecule has 0 aliphatic heterocycles. The number of aromatic amines is 1. The highest BCUT2D eigenvalue weighted by atomic mass is 16.3. The first-order chi connectivity index (χ1) is 8.63. The summed E-state index contributed by atoms with van der Waals surface area (Å²) in [5.74, 6) is -0.311. The van der Waals surface area contributed by atoms with Gasteiger partial charge in [0.25, 0.3) is 5.91 Å². The zero-order valence-corrected chi connectivity index (χ0v) is 10.6. The Hall–Kier alpha value is -1.56. The number of H-pyrrole nitrogens is 1. The van der Waals surface area contributed by atoms with Gasteiger partial charge in [0.15, 0.2) is 5.69 Å². The summed E-state index contributed by atoms with van der Waals surface area (Å²) in [7, 11) is 0. The van der Waals surface area contributed by atoms with E-state index >= 15 is 0 Å². The smallest absolute Gasteiger partial charge is 0.274 e. The third kappa shape index (κ3) is 2.48. The molecule has 2 rings (SSSR count). The number of nitrogen functional groups attached to an aromatic ring is 1. The van der Waals surface area contributed by atoms with Crippen LogP contribution in [0.15, 0.2) is 0 Å². The number of aromatic nitrogens is 2. The summed E-state index contributed by atoms with van der Waals surface area (Å²) in [4.78, 5) is 12.0. The monoisotopic (exact) mass is 252 g/mol. The highest BCUT2D eigenvalue weighted by Gasteiger charge is 2.26. The first-order valence-electron chi connectivity index (χ1n) is 6.45. The van der Waals surface area contributed by atoms with E-state index in [-0.39, 0.29) is 17.6 Å². The Morgan fingerprint density at radius 1 is 1.56 bits per heavy atom. The molecule has 100 valence electrons. The number of hydrogen-bond donors (Lipinski definition) is 4. The van der Waals surface area contributed by atoms with Crippen LogP contribution in [0.1, 0.15) is 48.8 Å². The largest absolute Gasteiger partial charge is 0.395 e. The van der Waals surface area contributed by atoms with Gasteiger partial charge in [0.1, 0.15) is 0 Å². The van der Waals surface area contributed by atoms with Gasteiger partial charge in [-0.05, 0) is 19.3 Å². The number of carbonyl (C=O) groups excluding carboxylic acids is 1. The van der Waals surface area contributed by atoms with Crippen LogP contribution >= 0.6 is 0 Å². The number of aliphatic hydroxyl groups is 1. The molecule has 0 aromatic carbocycles. The summed E-state index contributed by atoms with van der Waals surface area (Å²) in [5.41, 5.74) is 7.23. The van der Waals surface area contributed by atoms with Crippen molar-refractivity contribution in [3.8, 4) is 0 Å². The molecule has 0 saturated heterocycles. The number of hydrogen-bond acceptors (Lipinski definition) is 4. The van der Waals surface area contributed by atoms with Crippen LogP contribution in [0.3, 0.4) is 0 Å². The van der Waals surface area contributed by atoms with Gasteiger partial charge in [0, 0.05) is 0 Å². The molecule has 0 radical (unpaired) electrons. The van der Waals surface area contributed by atoms with E-state index in [0.29, 0.717) is 12.1 Å². The van der Waals surface area contributed by atoms with Crippen molar-refractivity contribution in [3.63, 3.8) is 0 Å². The second kappa shape index (κ2) is 5.39. The molecule has 1 aromatic heterocycles. The van der Waals surface area contributed by atoms with Gasteiger partial charge in [0.2, 0.25) is 0 Å². The average molecular weight is 252 g/mol. The third-order valence-corrected chi connectivity index (χ3v) is 3.50. The Balaban J connectivity index is 2.04. The molecule has 5 N–H and O–H groups in total. The minimum Gasteiger partial charge on any atom is -0.395 e. The number of rotatable bonds is 3. The molecule has 0 spiro atoms. The van der Waals surface area contributed by atoms with Gasteiger partial charge >= 0.3 is 0 Å². The lowest BCUT2D eigenvalue weighted by Gasteiger charge is -2.28. The van der Waals surface area contributed by atoms with Crippen LogP contribution in [0.2, 0.25) is 0 Å². The second-order valence-corrected chi connectivity index (χ2v) is 4.75. The van der Waals surface area contributed by atoms with Crippen molar-refractivity contribution in [1.29, 1.82) is 0 Å². The minimum absolute atomic E-state index is 0.188. The average Bonchev–Trinajstić information content (AvgIpc) is 2.73. The van der Waals surface area contributed by atoms with Crippen LogP contribution in [0.25, 0.3) is 0 Å². The molecule has 1 saturated carbocycles. The molecule has 0 bridgehead atoms. The molecular formula is C12H20N4O2. The summed E-state index contributed by atoms with van der Waals surface area (Å²) in [5, 5.41) is 19.3. The summed E-state index contributed by atoms with van der Waals surface area (Å²) in [6, 6.07) is -0.188. The number of anilines is 1. The first kappa shape index (κ1) is 12.9. The number of nitrogens with two attached hydrogens (primary N) is 1. The van der Waals surface area contributed by atoms with Crippen LogP contribution in [0, 0.1) is 0 Å². The molecule has 6 heteroatoms. The highest BCUT2D eigenvalue weighted by molar-refractivity contribution is 5.97. The quantitative estimate of drug-likeness (QED) is 0.632. The number of aliphatic hydroxyl groups excluding tert-OH is 1. The van der Waals surface area contributed by atoms with Crippen molar-refractivity contribution in [2.45, 2.75) is 51.2 Å². The normalized spacial score (nSPS) is 23.9. The van der Waals surface area contributed by atoms with Crippen LogP contribution in [0.4, 0.5) is 5.69 Å². The van der Waals surface area contributed by atoms with E-state index in [1.165, 1.54) is 0 Å². The fraction of sp³-hybridized carbons (Fsp3) is 0.667. The van der Waals surface area contributed by atoms with Crippen LogP contribution in [0.5, 0.6) is 0 Å². The van der Waals surface area contributed by atoms with Gasteiger partial charge < -0.3 is 16.2 Å². The maximum Gasteiger partial charge on any atom is 0.274 e. The minimum atomic E-state index is -0.464. The van der Waals surface area contributed by atoms with E-state index in [2.05, 4.69) is 15.5 Å². The number of aryl methyl sites for hydroxylation is 1. The fourth-order valence-corrected chi connectivity index (χ4v) is 2.35. The molecule has 1 aliphatic rings. The third-order valence-electron chi connectivity index (χ3n) is 3.50. The molecule has 1 aromatic rings. The number of nitrogens with one attached hydrogen (secondary N) is 2. The first-order valence-corrected chi connectivity index (χ1v) is 6.45. The lowest BCUT2D eigenvalue weighted by Crippen LogP contribution is -2.45. The van der Waals surface area contributed by atoms with E-state index < -0.39 is 6.10 Å². The number of nitrogens with zero attached hydrogens (tertiary/aromatic N) is 1. The van der Waals surface area contributed by atoms with Gasteiger partial charge in [-0.2, -0.15) is 5.10 Å². The molecule has 1 amide bonds. The van der Waals surface area contributed by atoms with E-state index in [1.54, 1.807) is 0 Å². The maximum absolute atomic E-state index is 12.0. The standard InChI is InChI=1S/C12H20N4O2/c1-2-7-10(13)11(16-15-7)12(18)14-8-5-3-4-6-9(8)17/h8-9,17H,2-6,13H2,1H3,(H,14,18)(H,15,16)/t8-,9-/m1/s1. The van der Waals surface area contributed by atoms with Crippen molar-refractivity contribution in [2.24, 2.45) is 0 Å². The molecule has 1 heterocycles. The van der Waals surface area contributed by atoms with Crippen molar-refractivity contribution in [1.82, 2.24) is 15.5 Å². The van der Waals surface area contributed by atoms with Crippen molar-refractivity contribution in [2.75, 3.05) is 5.73 Å². The van der Waals surface area contributed by atoms with Gasteiger partial charge in [-0.25, -0.2) is 0 Å². The summed E-state index contributed by atoms with van der Waals surface area (Å²) >= 11 is 0. The Labute approximate surface area is 106 Å². The molecule has 2 atom stereocenters. The SMILES string of the molecule is CCc1[nH]nc(C(=O)N[C@@H]2CCCC[C@H]2O)c1N. The molecular weight excluding hydrogens is 232 g/mol. The van der Waals surface area contributed by atoms with E-state index in [0.717, 1.165) is 31.4 Å². The molecule has 0 unspecified atom stereocenters. The Kier molecular flexibility index (Phi) is 3.86. The van der Waals surface area contributed by atoms with Crippen molar-refractivity contribution < 1.29 is 9.90 Å². The summed E-state index contributed by atoms with van der Waals surface area (Å²) in [6.45, 7) is 1.94. The van der Waals surface area contributed by atoms with Gasteiger partial charge in [-0.15, -0.1) is 0 Å². The molecule has 1 aliphatic carbocycles. The van der Waals surface area contributed by atoms with E-state index in [1.807, 2.05) is 6.92 Å². The van der Waals surface area contributed by atoms with Crippen LogP contribution in [-0.2, 0) is 6.42 Å². The number of amides is 1. The van der Waals surface area contributed by atoms with E-state index in [9.17, 15) is 9.90 Å². The molecule has 6 nitrogen and oxygen atoms in total. The Bertz CT molecular complexity index is 430. The van der Waals surface area contributed by atoms with E-state index in [4.69, 9.17) is 5.73 Å². The van der Waals surface area contributed by atoms with Gasteiger partial charge in [0.05, 0.1) is 23.5 Å².